The molecule has 3 rings (SSSR count). The predicted molar refractivity (Wildman–Crippen MR) is 100 cm³/mol. The van der Waals surface area contributed by atoms with Crippen LogP contribution in [0.2, 0.25) is 0 Å². The Hall–Kier alpha value is -2.13. The van der Waals surface area contributed by atoms with E-state index >= 15 is 0 Å². The van der Waals surface area contributed by atoms with Gasteiger partial charge in [0.1, 0.15) is 11.1 Å². The molecule has 1 aliphatic heterocycles. The molecule has 0 saturated carbocycles. The van der Waals surface area contributed by atoms with E-state index in [2.05, 4.69) is 17.0 Å². The van der Waals surface area contributed by atoms with Gasteiger partial charge in [0, 0.05) is 13.1 Å². The molecule has 2 aromatic rings. The highest BCUT2D eigenvalue weighted by atomic mass is 16.6. The smallest absolute Gasteiger partial charge is 0.331 e. The molecule has 0 spiro atoms. The molecular weight excluding hydrogens is 310 g/mol. The van der Waals surface area contributed by atoms with Gasteiger partial charge in [-0.3, -0.25) is 4.90 Å². The highest BCUT2D eigenvalue weighted by Gasteiger charge is 2.50. The number of carbonyl (C=O) groups is 1. The maximum atomic E-state index is 13.3. The van der Waals surface area contributed by atoms with E-state index in [1.54, 1.807) is 0 Å². The predicted octanol–water partition coefficient (Wildman–Crippen LogP) is 4.52. The number of likely N-dealkylation sites (tertiary alicyclic amines) is 1. The fourth-order valence-electron chi connectivity index (χ4n) is 3.64. The van der Waals surface area contributed by atoms with Gasteiger partial charge >= 0.3 is 5.97 Å². The van der Waals surface area contributed by atoms with Gasteiger partial charge in [0.15, 0.2) is 0 Å². The van der Waals surface area contributed by atoms with Crippen LogP contribution in [0.4, 0.5) is 0 Å². The molecule has 0 N–H and O–H groups in total. The van der Waals surface area contributed by atoms with Gasteiger partial charge in [-0.2, -0.15) is 0 Å². The minimum absolute atomic E-state index is 0.139. The van der Waals surface area contributed by atoms with Gasteiger partial charge in [-0.05, 0) is 44.7 Å². The Morgan fingerprint density at radius 1 is 1.04 bits per heavy atom. The molecule has 1 aliphatic rings. The van der Waals surface area contributed by atoms with Gasteiger partial charge in [0.05, 0.1) is 0 Å². The maximum absolute atomic E-state index is 13.3. The third-order valence-corrected chi connectivity index (χ3v) is 4.71. The summed E-state index contributed by atoms with van der Waals surface area (Å²) >= 11 is 0. The van der Waals surface area contributed by atoms with E-state index in [1.165, 1.54) is 5.56 Å². The van der Waals surface area contributed by atoms with E-state index in [0.717, 1.165) is 31.5 Å². The van der Waals surface area contributed by atoms with Gasteiger partial charge < -0.3 is 4.74 Å². The summed E-state index contributed by atoms with van der Waals surface area (Å²) in [6.07, 6.45) is 1.78. The molecule has 3 nitrogen and oxygen atoms in total. The average molecular weight is 337 g/mol. The van der Waals surface area contributed by atoms with Crippen molar-refractivity contribution < 1.29 is 9.53 Å². The summed E-state index contributed by atoms with van der Waals surface area (Å²) < 4.78 is 5.87. The Labute approximate surface area is 150 Å². The Morgan fingerprint density at radius 2 is 1.64 bits per heavy atom. The largest absolute Gasteiger partial charge is 0.458 e. The molecule has 2 aromatic carbocycles. The first-order valence-electron chi connectivity index (χ1n) is 9.00. The molecule has 1 heterocycles. The zero-order chi connectivity index (χ0) is 17.9. The molecule has 0 radical (unpaired) electrons. The molecule has 132 valence electrons. The molecule has 3 heteroatoms. The number of rotatable bonds is 4. The fourth-order valence-corrected chi connectivity index (χ4v) is 3.64. The average Bonchev–Trinajstić information content (AvgIpc) is 3.00. The normalized spacial score (nSPS) is 21.2. The summed E-state index contributed by atoms with van der Waals surface area (Å²) in [6.45, 7) is 7.43. The second-order valence-electron chi connectivity index (χ2n) is 7.74. The number of benzene rings is 2. The van der Waals surface area contributed by atoms with Crippen molar-refractivity contribution >= 4 is 5.97 Å². The van der Waals surface area contributed by atoms with E-state index in [1.807, 2.05) is 69.3 Å². The Bertz CT molecular complexity index is 706. The Balaban J connectivity index is 1.99. The summed E-state index contributed by atoms with van der Waals surface area (Å²) in [5.41, 5.74) is 1.04. The van der Waals surface area contributed by atoms with E-state index in [0.29, 0.717) is 0 Å². The molecule has 1 fully saturated rings. The zero-order valence-electron chi connectivity index (χ0n) is 15.4. The third-order valence-electron chi connectivity index (χ3n) is 4.71. The van der Waals surface area contributed by atoms with Crippen molar-refractivity contribution in [1.29, 1.82) is 0 Å². The fraction of sp³-hybridized carbons (Fsp3) is 0.409. The summed E-state index contributed by atoms with van der Waals surface area (Å²) in [6, 6.07) is 20.4. The second kappa shape index (κ2) is 7.01. The molecule has 1 saturated heterocycles. The molecular formula is C22H27NO2. The van der Waals surface area contributed by atoms with Crippen LogP contribution >= 0.6 is 0 Å². The van der Waals surface area contributed by atoms with Crippen LogP contribution in [-0.4, -0.2) is 23.0 Å². The highest BCUT2D eigenvalue weighted by Crippen LogP contribution is 2.41. The number of hydrogen-bond donors (Lipinski definition) is 0. The summed E-state index contributed by atoms with van der Waals surface area (Å²) in [7, 11) is 0. The van der Waals surface area contributed by atoms with Crippen LogP contribution in [0.1, 0.15) is 44.7 Å². The lowest BCUT2D eigenvalue weighted by Gasteiger charge is -2.38. The monoisotopic (exact) mass is 337 g/mol. The summed E-state index contributed by atoms with van der Waals surface area (Å²) in [5.74, 6) is -0.139. The zero-order valence-corrected chi connectivity index (χ0v) is 15.4. The Kier molecular flexibility index (Phi) is 4.96. The van der Waals surface area contributed by atoms with Crippen LogP contribution in [-0.2, 0) is 21.6 Å². The number of hydrogen-bond acceptors (Lipinski definition) is 3. The Morgan fingerprint density at radius 3 is 2.24 bits per heavy atom. The van der Waals surface area contributed by atoms with Crippen LogP contribution in [0.15, 0.2) is 60.7 Å². The molecule has 1 unspecified atom stereocenters. The first-order valence-corrected chi connectivity index (χ1v) is 9.00. The number of esters is 1. The van der Waals surface area contributed by atoms with Crippen LogP contribution in [0.5, 0.6) is 0 Å². The summed E-state index contributed by atoms with van der Waals surface area (Å²) in [4.78, 5) is 15.6. The SMILES string of the molecule is CC(C)(C)OC(=O)C1(c2ccccc2)CCCN1Cc1ccccc1. The van der Waals surface area contributed by atoms with E-state index in [-0.39, 0.29) is 5.97 Å². The molecule has 25 heavy (non-hydrogen) atoms. The topological polar surface area (TPSA) is 29.5 Å². The van der Waals surface area contributed by atoms with Gasteiger partial charge in [0.2, 0.25) is 0 Å². The van der Waals surface area contributed by atoms with Crippen LogP contribution in [0.3, 0.4) is 0 Å². The highest BCUT2D eigenvalue weighted by molar-refractivity contribution is 5.83. The molecule has 1 atom stereocenters. The van der Waals surface area contributed by atoms with Crippen molar-refractivity contribution in [2.45, 2.75) is 51.3 Å². The molecule has 0 bridgehead atoms. The molecule has 0 aliphatic carbocycles. The minimum atomic E-state index is -0.704. The van der Waals surface area contributed by atoms with Gasteiger partial charge in [-0.1, -0.05) is 60.7 Å². The van der Waals surface area contributed by atoms with Crippen LogP contribution < -0.4 is 0 Å². The van der Waals surface area contributed by atoms with E-state index in [4.69, 9.17) is 4.74 Å². The quantitative estimate of drug-likeness (QED) is 0.768. The van der Waals surface area contributed by atoms with Crippen molar-refractivity contribution in [2.24, 2.45) is 0 Å². The van der Waals surface area contributed by atoms with Crippen molar-refractivity contribution in [3.63, 3.8) is 0 Å². The minimum Gasteiger partial charge on any atom is -0.458 e. The van der Waals surface area contributed by atoms with Crippen LogP contribution in [0.25, 0.3) is 0 Å². The van der Waals surface area contributed by atoms with Gasteiger partial charge in [-0.25, -0.2) is 4.79 Å². The standard InChI is InChI=1S/C22H27NO2/c1-21(2,3)25-20(24)22(19-13-8-5-9-14-19)15-10-16-23(22)17-18-11-6-4-7-12-18/h4-9,11-14H,10,15-17H2,1-3H3. The van der Waals surface area contributed by atoms with E-state index in [9.17, 15) is 4.79 Å². The lowest BCUT2D eigenvalue weighted by molar-refractivity contribution is -0.169. The maximum Gasteiger partial charge on any atom is 0.331 e. The van der Waals surface area contributed by atoms with Crippen molar-refractivity contribution in [3.05, 3.63) is 71.8 Å². The molecule has 0 amide bonds. The van der Waals surface area contributed by atoms with Crippen molar-refractivity contribution in [2.75, 3.05) is 6.54 Å². The van der Waals surface area contributed by atoms with Gasteiger partial charge in [0.25, 0.3) is 0 Å². The lowest BCUT2D eigenvalue weighted by Crippen LogP contribution is -2.50. The second-order valence-corrected chi connectivity index (χ2v) is 7.74. The summed E-state index contributed by atoms with van der Waals surface area (Å²) in [5, 5.41) is 0. The third kappa shape index (κ3) is 3.77. The van der Waals surface area contributed by atoms with Crippen molar-refractivity contribution in [3.8, 4) is 0 Å². The van der Waals surface area contributed by atoms with Gasteiger partial charge in [-0.15, -0.1) is 0 Å². The number of ether oxygens (including phenoxy) is 1. The number of nitrogens with zero attached hydrogens (tertiary/aromatic N) is 1. The van der Waals surface area contributed by atoms with E-state index < -0.39 is 11.1 Å². The van der Waals surface area contributed by atoms with Crippen molar-refractivity contribution in [1.82, 2.24) is 4.90 Å². The first kappa shape index (κ1) is 17.7. The molecule has 0 aromatic heterocycles. The number of carbonyl (C=O) groups excluding carboxylic acids is 1. The first-order chi connectivity index (χ1) is 11.9. The van der Waals surface area contributed by atoms with Crippen LogP contribution in [0, 0.1) is 0 Å². The lowest BCUT2D eigenvalue weighted by atomic mass is 9.86.